The molecular formula is C21H23FN2O. The lowest BCUT2D eigenvalue weighted by Crippen LogP contribution is -2.20. The molecular weight excluding hydrogens is 315 g/mol. The standard InChI is InChI=1S/C21H23FN2O/c1-3-17-12-18(13-23-17)24-14(2)16-9-10-19(20(22)11-16)21(25)15-7-5-4-6-8-15/h4-11,13-14,17,23-24H,3,12H2,1-2H3/t14?,17-/m0/s1. The lowest BCUT2D eigenvalue weighted by Gasteiger charge is -2.17. The third kappa shape index (κ3) is 3.90. The molecule has 1 unspecified atom stereocenters. The van der Waals surface area contributed by atoms with Crippen molar-refractivity contribution in [3.8, 4) is 0 Å². The molecule has 0 fully saturated rings. The van der Waals surface area contributed by atoms with E-state index in [0.29, 0.717) is 11.6 Å². The summed E-state index contributed by atoms with van der Waals surface area (Å²) in [6.45, 7) is 4.14. The highest BCUT2D eigenvalue weighted by atomic mass is 19.1. The van der Waals surface area contributed by atoms with Gasteiger partial charge in [0, 0.05) is 36.0 Å². The second kappa shape index (κ2) is 7.51. The Morgan fingerprint density at radius 1 is 1.28 bits per heavy atom. The number of hydrogen-bond acceptors (Lipinski definition) is 3. The highest BCUT2D eigenvalue weighted by Crippen LogP contribution is 2.22. The number of nitrogens with one attached hydrogen (secondary N) is 2. The quantitative estimate of drug-likeness (QED) is 0.771. The molecule has 3 nitrogen and oxygen atoms in total. The predicted molar refractivity (Wildman–Crippen MR) is 97.7 cm³/mol. The van der Waals surface area contributed by atoms with E-state index in [2.05, 4.69) is 17.6 Å². The smallest absolute Gasteiger partial charge is 0.195 e. The molecule has 0 aromatic heterocycles. The molecule has 2 atom stereocenters. The van der Waals surface area contributed by atoms with E-state index < -0.39 is 5.82 Å². The molecule has 1 heterocycles. The van der Waals surface area contributed by atoms with Crippen LogP contribution in [0.15, 0.2) is 60.4 Å². The Morgan fingerprint density at radius 3 is 2.68 bits per heavy atom. The fourth-order valence-corrected chi connectivity index (χ4v) is 3.06. The Bertz CT molecular complexity index is 786. The minimum atomic E-state index is -0.482. The number of carbonyl (C=O) groups is 1. The largest absolute Gasteiger partial charge is 0.386 e. The van der Waals surface area contributed by atoms with Gasteiger partial charge in [-0.2, -0.15) is 0 Å². The zero-order chi connectivity index (χ0) is 17.8. The summed E-state index contributed by atoms with van der Waals surface area (Å²) in [5.74, 6) is -0.774. The van der Waals surface area contributed by atoms with Crippen molar-refractivity contribution < 1.29 is 9.18 Å². The van der Waals surface area contributed by atoms with Gasteiger partial charge in [0.15, 0.2) is 5.78 Å². The van der Waals surface area contributed by atoms with Crippen LogP contribution < -0.4 is 10.6 Å². The van der Waals surface area contributed by atoms with Gasteiger partial charge < -0.3 is 10.6 Å². The highest BCUT2D eigenvalue weighted by Gasteiger charge is 2.18. The summed E-state index contributed by atoms with van der Waals surface area (Å²) in [5, 5.41) is 6.74. The first kappa shape index (κ1) is 17.2. The van der Waals surface area contributed by atoms with Gasteiger partial charge in [-0.15, -0.1) is 0 Å². The van der Waals surface area contributed by atoms with Gasteiger partial charge in [0.1, 0.15) is 5.82 Å². The lowest BCUT2D eigenvalue weighted by molar-refractivity contribution is 0.103. The molecule has 0 saturated carbocycles. The van der Waals surface area contributed by atoms with Crippen LogP contribution in [0.1, 0.15) is 54.2 Å². The third-order valence-electron chi connectivity index (χ3n) is 4.63. The van der Waals surface area contributed by atoms with Crippen molar-refractivity contribution >= 4 is 5.78 Å². The van der Waals surface area contributed by atoms with E-state index in [-0.39, 0.29) is 17.4 Å². The normalized spacial score (nSPS) is 17.6. The summed E-state index contributed by atoms with van der Waals surface area (Å²) < 4.78 is 14.5. The highest BCUT2D eigenvalue weighted by molar-refractivity contribution is 6.09. The second-order valence-electron chi connectivity index (χ2n) is 6.45. The first-order valence-corrected chi connectivity index (χ1v) is 8.69. The van der Waals surface area contributed by atoms with Gasteiger partial charge in [-0.25, -0.2) is 4.39 Å². The Hall–Kier alpha value is -2.62. The van der Waals surface area contributed by atoms with E-state index in [1.807, 2.05) is 25.3 Å². The molecule has 4 heteroatoms. The van der Waals surface area contributed by atoms with Crippen LogP contribution in [0.25, 0.3) is 0 Å². The van der Waals surface area contributed by atoms with Gasteiger partial charge >= 0.3 is 0 Å². The van der Waals surface area contributed by atoms with Crippen molar-refractivity contribution in [3.63, 3.8) is 0 Å². The number of hydrogen-bond donors (Lipinski definition) is 2. The van der Waals surface area contributed by atoms with E-state index in [0.717, 1.165) is 24.1 Å². The van der Waals surface area contributed by atoms with Gasteiger partial charge in [0.2, 0.25) is 0 Å². The third-order valence-corrected chi connectivity index (χ3v) is 4.63. The van der Waals surface area contributed by atoms with Crippen molar-refractivity contribution in [3.05, 3.63) is 82.9 Å². The first-order valence-electron chi connectivity index (χ1n) is 8.69. The summed E-state index contributed by atoms with van der Waals surface area (Å²) in [5.41, 5.74) is 2.55. The molecule has 0 radical (unpaired) electrons. The average Bonchev–Trinajstić information content (AvgIpc) is 3.09. The van der Waals surface area contributed by atoms with Gasteiger partial charge in [-0.3, -0.25) is 4.79 Å². The summed E-state index contributed by atoms with van der Waals surface area (Å²) in [7, 11) is 0. The van der Waals surface area contributed by atoms with Gasteiger partial charge in [-0.1, -0.05) is 43.3 Å². The zero-order valence-electron chi connectivity index (χ0n) is 14.6. The van der Waals surface area contributed by atoms with Crippen LogP contribution in [-0.4, -0.2) is 11.8 Å². The van der Waals surface area contributed by atoms with Crippen molar-refractivity contribution in [2.75, 3.05) is 0 Å². The lowest BCUT2D eigenvalue weighted by atomic mass is 9.99. The van der Waals surface area contributed by atoms with E-state index in [1.54, 1.807) is 30.3 Å². The number of ketones is 1. The van der Waals surface area contributed by atoms with E-state index in [4.69, 9.17) is 0 Å². The molecule has 25 heavy (non-hydrogen) atoms. The number of benzene rings is 2. The van der Waals surface area contributed by atoms with Crippen molar-refractivity contribution in [2.45, 2.75) is 38.8 Å². The van der Waals surface area contributed by atoms with Crippen LogP contribution in [0.3, 0.4) is 0 Å². The SMILES string of the molecule is CC[C@H]1CC(NC(C)c2ccc(C(=O)c3ccccc3)c(F)c2)=CN1. The molecule has 1 aliphatic heterocycles. The van der Waals surface area contributed by atoms with E-state index in [9.17, 15) is 9.18 Å². The molecule has 130 valence electrons. The molecule has 2 aromatic rings. The van der Waals surface area contributed by atoms with Crippen molar-refractivity contribution in [1.29, 1.82) is 0 Å². The predicted octanol–water partition coefficient (Wildman–Crippen LogP) is 4.32. The fourth-order valence-electron chi connectivity index (χ4n) is 3.06. The molecule has 2 aromatic carbocycles. The summed E-state index contributed by atoms with van der Waals surface area (Å²) in [4.78, 5) is 12.4. The van der Waals surface area contributed by atoms with Crippen molar-refractivity contribution in [2.24, 2.45) is 0 Å². The van der Waals surface area contributed by atoms with Crippen LogP contribution in [0.4, 0.5) is 4.39 Å². The van der Waals surface area contributed by atoms with Crippen LogP contribution in [-0.2, 0) is 0 Å². The second-order valence-corrected chi connectivity index (χ2v) is 6.45. The monoisotopic (exact) mass is 338 g/mol. The Balaban J connectivity index is 1.72. The number of rotatable bonds is 6. The average molecular weight is 338 g/mol. The summed E-state index contributed by atoms with van der Waals surface area (Å²) >= 11 is 0. The van der Waals surface area contributed by atoms with Crippen LogP contribution in [0, 0.1) is 5.82 Å². The molecule has 1 aliphatic rings. The topological polar surface area (TPSA) is 41.1 Å². The number of carbonyl (C=O) groups excluding carboxylic acids is 1. The zero-order valence-corrected chi connectivity index (χ0v) is 14.6. The van der Waals surface area contributed by atoms with Crippen LogP contribution in [0.2, 0.25) is 0 Å². The first-order chi connectivity index (χ1) is 12.1. The molecule has 2 N–H and O–H groups in total. The molecule has 0 amide bonds. The summed E-state index contributed by atoms with van der Waals surface area (Å²) in [6, 6.07) is 14.1. The maximum Gasteiger partial charge on any atom is 0.195 e. The maximum atomic E-state index is 14.5. The van der Waals surface area contributed by atoms with E-state index in [1.165, 1.54) is 6.07 Å². The number of halogens is 1. The summed E-state index contributed by atoms with van der Waals surface area (Å²) in [6.07, 6.45) is 4.02. The van der Waals surface area contributed by atoms with Gasteiger partial charge in [0.25, 0.3) is 0 Å². The Morgan fingerprint density at radius 2 is 2.04 bits per heavy atom. The van der Waals surface area contributed by atoms with E-state index >= 15 is 0 Å². The Labute approximate surface area is 148 Å². The maximum absolute atomic E-state index is 14.5. The van der Waals surface area contributed by atoms with Crippen LogP contribution >= 0.6 is 0 Å². The van der Waals surface area contributed by atoms with Crippen LogP contribution in [0.5, 0.6) is 0 Å². The minimum Gasteiger partial charge on any atom is -0.386 e. The molecule has 0 bridgehead atoms. The molecule has 3 rings (SSSR count). The molecule has 0 spiro atoms. The minimum absolute atomic E-state index is 0.0287. The fraction of sp³-hybridized carbons (Fsp3) is 0.286. The molecule has 0 saturated heterocycles. The Kier molecular flexibility index (Phi) is 5.17. The molecule has 0 aliphatic carbocycles. The van der Waals surface area contributed by atoms with Crippen molar-refractivity contribution in [1.82, 2.24) is 10.6 Å². The van der Waals surface area contributed by atoms with Gasteiger partial charge in [-0.05, 0) is 31.0 Å². The van der Waals surface area contributed by atoms with Gasteiger partial charge in [0.05, 0.1) is 5.56 Å².